The summed E-state index contributed by atoms with van der Waals surface area (Å²) in [5.74, 6) is -1.23. The van der Waals surface area contributed by atoms with Crippen molar-refractivity contribution in [2.45, 2.75) is 31.8 Å². The maximum atomic E-state index is 12.9. The molecule has 1 heterocycles. The number of benzene rings is 2. The van der Waals surface area contributed by atoms with E-state index in [2.05, 4.69) is 5.32 Å². The molecule has 28 heavy (non-hydrogen) atoms. The topological polar surface area (TPSA) is 51.1 Å². The van der Waals surface area contributed by atoms with Gasteiger partial charge in [-0.1, -0.05) is 59.1 Å². The van der Waals surface area contributed by atoms with Gasteiger partial charge in [0, 0.05) is 21.5 Å². The lowest BCUT2D eigenvalue weighted by Crippen LogP contribution is -2.43. The number of aromatic nitrogens is 1. The first-order valence-electron chi connectivity index (χ1n) is 9.01. The molecular weight excluding hydrogens is 419 g/mol. The molecule has 1 saturated carbocycles. The minimum Gasteiger partial charge on any atom is -0.346 e. The molecule has 1 aliphatic rings. The van der Waals surface area contributed by atoms with Crippen LogP contribution in [0.5, 0.6) is 0 Å². The third kappa shape index (κ3) is 3.52. The van der Waals surface area contributed by atoms with Crippen molar-refractivity contribution in [1.29, 1.82) is 0 Å². The van der Waals surface area contributed by atoms with Gasteiger partial charge in [0.1, 0.15) is 5.15 Å². The highest BCUT2D eigenvalue weighted by Gasteiger charge is 2.29. The van der Waals surface area contributed by atoms with Crippen molar-refractivity contribution in [3.05, 3.63) is 68.8 Å². The molecule has 4 nitrogen and oxygen atoms in total. The van der Waals surface area contributed by atoms with E-state index in [4.69, 9.17) is 34.8 Å². The highest BCUT2D eigenvalue weighted by Crippen LogP contribution is 2.33. The molecule has 0 aliphatic heterocycles. The van der Waals surface area contributed by atoms with Gasteiger partial charge in [-0.2, -0.15) is 0 Å². The predicted molar refractivity (Wildman–Crippen MR) is 113 cm³/mol. The summed E-state index contributed by atoms with van der Waals surface area (Å²) in [6.07, 6.45) is 2.88. The molecule has 0 saturated heterocycles. The van der Waals surface area contributed by atoms with Crippen LogP contribution in [0.15, 0.2) is 42.5 Å². The van der Waals surface area contributed by atoms with Gasteiger partial charge in [0.05, 0.1) is 17.6 Å². The SMILES string of the molecule is O=C(NC1CCC1)C(=O)c1c(Cl)n(Cc2ccc(Cl)cc2Cl)c2ccccc12. The molecule has 0 radical (unpaired) electrons. The number of carbonyl (C=O) groups is 2. The zero-order valence-electron chi connectivity index (χ0n) is 14.8. The second kappa shape index (κ2) is 7.78. The molecule has 2 aromatic carbocycles. The second-order valence-corrected chi connectivity index (χ2v) is 8.14. The van der Waals surface area contributed by atoms with Gasteiger partial charge >= 0.3 is 0 Å². The summed E-state index contributed by atoms with van der Waals surface area (Å²) in [4.78, 5) is 25.3. The number of nitrogens with zero attached hydrogens (tertiary/aromatic N) is 1. The molecule has 0 spiro atoms. The molecular formula is C21H17Cl3N2O2. The Labute approximate surface area is 177 Å². The predicted octanol–water partition coefficient (Wildman–Crippen LogP) is 5.50. The zero-order valence-corrected chi connectivity index (χ0v) is 17.1. The van der Waals surface area contributed by atoms with Crippen LogP contribution in [0.4, 0.5) is 0 Å². The van der Waals surface area contributed by atoms with Crippen LogP contribution in [-0.4, -0.2) is 22.3 Å². The van der Waals surface area contributed by atoms with Gasteiger partial charge < -0.3 is 9.88 Å². The number of fused-ring (bicyclic) bond motifs is 1. The van der Waals surface area contributed by atoms with E-state index >= 15 is 0 Å². The second-order valence-electron chi connectivity index (χ2n) is 6.94. The van der Waals surface area contributed by atoms with Crippen molar-refractivity contribution in [1.82, 2.24) is 9.88 Å². The number of amides is 1. The summed E-state index contributed by atoms with van der Waals surface area (Å²) in [6, 6.07) is 12.7. The minimum absolute atomic E-state index is 0.0800. The van der Waals surface area contributed by atoms with E-state index in [-0.39, 0.29) is 16.8 Å². The number of hydrogen-bond acceptors (Lipinski definition) is 2. The fraction of sp³-hybridized carbons (Fsp3) is 0.238. The Morgan fingerprint density at radius 2 is 1.82 bits per heavy atom. The standard InChI is InChI=1S/C21H17Cl3N2O2/c22-13-9-8-12(16(23)10-13)11-26-17-7-2-1-6-15(17)18(20(26)24)19(27)21(28)25-14-4-3-5-14/h1-2,6-10,14H,3-5,11H2,(H,25,28). The average Bonchev–Trinajstić information content (AvgIpc) is 2.91. The first-order valence-corrected chi connectivity index (χ1v) is 10.1. The lowest BCUT2D eigenvalue weighted by Gasteiger charge is -2.25. The molecule has 1 aliphatic carbocycles. The number of ketones is 1. The molecule has 0 unspecified atom stereocenters. The summed E-state index contributed by atoms with van der Waals surface area (Å²) in [6.45, 7) is 0.354. The fourth-order valence-electron chi connectivity index (χ4n) is 3.38. The summed E-state index contributed by atoms with van der Waals surface area (Å²) in [7, 11) is 0. The first kappa shape index (κ1) is 19.3. The smallest absolute Gasteiger partial charge is 0.292 e. The van der Waals surface area contributed by atoms with Crippen molar-refractivity contribution >= 4 is 57.4 Å². The van der Waals surface area contributed by atoms with Crippen molar-refractivity contribution in [2.75, 3.05) is 0 Å². The number of para-hydroxylation sites is 1. The minimum atomic E-state index is -0.617. The van der Waals surface area contributed by atoms with E-state index in [1.54, 1.807) is 22.8 Å². The molecule has 1 N–H and O–H groups in total. The molecule has 4 rings (SSSR count). The van der Waals surface area contributed by atoms with Crippen LogP contribution in [0, 0.1) is 0 Å². The zero-order chi connectivity index (χ0) is 19.8. The van der Waals surface area contributed by atoms with E-state index in [0.717, 1.165) is 30.3 Å². The number of carbonyl (C=O) groups excluding carboxylic acids is 2. The van der Waals surface area contributed by atoms with Crippen LogP contribution in [0.25, 0.3) is 10.9 Å². The van der Waals surface area contributed by atoms with Crippen molar-refractivity contribution in [3.8, 4) is 0 Å². The highest BCUT2D eigenvalue weighted by molar-refractivity contribution is 6.49. The number of halogens is 3. The van der Waals surface area contributed by atoms with Gasteiger partial charge in [0.15, 0.2) is 0 Å². The normalized spacial score (nSPS) is 14.1. The Morgan fingerprint density at radius 1 is 1.07 bits per heavy atom. The third-order valence-corrected chi connectivity index (χ3v) is 6.10. The van der Waals surface area contributed by atoms with Gasteiger partial charge in [-0.15, -0.1) is 0 Å². The maximum absolute atomic E-state index is 12.9. The Balaban J connectivity index is 1.74. The van der Waals surface area contributed by atoms with Crippen LogP contribution in [0.3, 0.4) is 0 Å². The average molecular weight is 436 g/mol. The van der Waals surface area contributed by atoms with Crippen molar-refractivity contribution in [2.24, 2.45) is 0 Å². The molecule has 1 fully saturated rings. The van der Waals surface area contributed by atoms with E-state index in [9.17, 15) is 9.59 Å². The summed E-state index contributed by atoms with van der Waals surface area (Å²) < 4.78 is 1.79. The molecule has 7 heteroatoms. The Kier molecular flexibility index (Phi) is 5.37. The van der Waals surface area contributed by atoms with E-state index < -0.39 is 11.7 Å². The number of nitrogens with one attached hydrogen (secondary N) is 1. The fourth-order valence-corrected chi connectivity index (χ4v) is 4.19. The summed E-state index contributed by atoms with van der Waals surface area (Å²) in [5, 5.41) is 4.71. The van der Waals surface area contributed by atoms with E-state index in [0.29, 0.717) is 22.0 Å². The molecule has 144 valence electrons. The Hall–Kier alpha value is -2.01. The van der Waals surface area contributed by atoms with E-state index in [1.807, 2.05) is 24.3 Å². The van der Waals surface area contributed by atoms with Crippen LogP contribution >= 0.6 is 34.8 Å². The number of rotatable bonds is 5. The number of Topliss-reactive ketones (excluding diaryl/α,β-unsaturated/α-hetero) is 1. The Bertz CT molecular complexity index is 1090. The van der Waals surface area contributed by atoms with Gasteiger partial charge in [0.2, 0.25) is 0 Å². The third-order valence-electron chi connectivity index (χ3n) is 5.12. The van der Waals surface area contributed by atoms with E-state index in [1.165, 1.54) is 0 Å². The lowest BCUT2D eigenvalue weighted by molar-refractivity contribution is -0.118. The van der Waals surface area contributed by atoms with Crippen LogP contribution < -0.4 is 5.32 Å². The largest absolute Gasteiger partial charge is 0.346 e. The first-order chi connectivity index (χ1) is 13.5. The van der Waals surface area contributed by atoms with Crippen molar-refractivity contribution in [3.63, 3.8) is 0 Å². The van der Waals surface area contributed by atoms with Gasteiger partial charge in [-0.05, 0) is 43.0 Å². The molecule has 0 bridgehead atoms. The molecule has 1 amide bonds. The van der Waals surface area contributed by atoms with Crippen LogP contribution in [0.1, 0.15) is 35.2 Å². The van der Waals surface area contributed by atoms with Crippen LogP contribution in [-0.2, 0) is 11.3 Å². The quantitative estimate of drug-likeness (QED) is 0.425. The molecule has 1 aromatic heterocycles. The maximum Gasteiger partial charge on any atom is 0.292 e. The van der Waals surface area contributed by atoms with Gasteiger partial charge in [-0.3, -0.25) is 9.59 Å². The lowest BCUT2D eigenvalue weighted by atomic mass is 9.93. The molecule has 0 atom stereocenters. The summed E-state index contributed by atoms with van der Waals surface area (Å²) >= 11 is 18.9. The van der Waals surface area contributed by atoms with Gasteiger partial charge in [-0.25, -0.2) is 0 Å². The van der Waals surface area contributed by atoms with Crippen LogP contribution in [0.2, 0.25) is 15.2 Å². The Morgan fingerprint density at radius 3 is 2.50 bits per heavy atom. The van der Waals surface area contributed by atoms with Crippen molar-refractivity contribution < 1.29 is 9.59 Å². The number of hydrogen-bond donors (Lipinski definition) is 1. The monoisotopic (exact) mass is 434 g/mol. The van der Waals surface area contributed by atoms with Gasteiger partial charge in [0.25, 0.3) is 11.7 Å². The summed E-state index contributed by atoms with van der Waals surface area (Å²) in [5.41, 5.74) is 1.80. The molecule has 3 aromatic rings. The highest BCUT2D eigenvalue weighted by atomic mass is 35.5.